The third-order valence-corrected chi connectivity index (χ3v) is 8.86. The van der Waals surface area contributed by atoms with E-state index in [2.05, 4.69) is 5.32 Å². The minimum Gasteiger partial charge on any atom is -0.324 e. The van der Waals surface area contributed by atoms with Gasteiger partial charge in [-0.3, -0.25) is 4.79 Å². The average molecular weight is 421 g/mol. The maximum absolute atomic E-state index is 12.9. The SMILES string of the molecule is O=C(C[NH+]1CCC[C@H]2CCCC[C@@H]21)Nc1cccc(S(=O)(=O)N2CCCCC2)c1. The van der Waals surface area contributed by atoms with E-state index >= 15 is 0 Å². The molecule has 2 heterocycles. The lowest BCUT2D eigenvalue weighted by atomic mass is 9.78. The Morgan fingerprint density at radius 3 is 2.62 bits per heavy atom. The summed E-state index contributed by atoms with van der Waals surface area (Å²) in [5.74, 6) is 0.761. The van der Waals surface area contributed by atoms with Crippen LogP contribution in [0.3, 0.4) is 0 Å². The Morgan fingerprint density at radius 1 is 1.03 bits per heavy atom. The first-order valence-corrected chi connectivity index (χ1v) is 12.7. The van der Waals surface area contributed by atoms with Gasteiger partial charge in [-0.15, -0.1) is 0 Å². The fraction of sp³-hybridized carbons (Fsp3) is 0.682. The molecule has 1 saturated carbocycles. The number of carbonyl (C=O) groups is 1. The van der Waals surface area contributed by atoms with Crippen molar-refractivity contribution in [3.63, 3.8) is 0 Å². The van der Waals surface area contributed by atoms with E-state index in [1.165, 1.54) is 43.4 Å². The number of likely N-dealkylation sites (tertiary alicyclic amines) is 1. The molecule has 1 aliphatic carbocycles. The standard InChI is InChI=1S/C22H33N3O3S/c26-22(17-24-13-7-9-18-8-2-3-12-21(18)24)23-19-10-6-11-20(16-19)29(27,28)25-14-4-1-5-15-25/h6,10-11,16,18,21H,1-5,7-9,12-15,17H2,(H,23,26)/p+1/t18-,21+/m1/s1. The number of fused-ring (bicyclic) bond motifs is 1. The van der Waals surface area contributed by atoms with Crippen LogP contribution in [0, 0.1) is 5.92 Å². The molecular formula is C22H34N3O3S+. The normalized spacial score (nSPS) is 28.5. The third-order valence-electron chi connectivity index (χ3n) is 6.96. The Bertz CT molecular complexity index is 818. The fourth-order valence-electron chi connectivity index (χ4n) is 5.49. The summed E-state index contributed by atoms with van der Waals surface area (Å²) >= 11 is 0. The number of nitrogens with zero attached hydrogens (tertiary/aromatic N) is 1. The van der Waals surface area contributed by atoms with Crippen molar-refractivity contribution in [3.05, 3.63) is 24.3 Å². The predicted octanol–water partition coefficient (Wildman–Crippen LogP) is 2.04. The number of rotatable bonds is 5. The molecule has 3 fully saturated rings. The lowest BCUT2D eigenvalue weighted by Gasteiger charge is -2.40. The van der Waals surface area contributed by atoms with Crippen molar-refractivity contribution < 1.29 is 18.1 Å². The number of benzene rings is 1. The number of nitrogens with one attached hydrogen (secondary N) is 2. The van der Waals surface area contributed by atoms with Crippen molar-refractivity contribution >= 4 is 21.6 Å². The van der Waals surface area contributed by atoms with E-state index in [1.54, 1.807) is 28.6 Å². The molecule has 3 aliphatic rings. The van der Waals surface area contributed by atoms with Crippen LogP contribution in [-0.4, -0.2) is 50.9 Å². The summed E-state index contributed by atoms with van der Waals surface area (Å²) in [5.41, 5.74) is 0.574. The highest BCUT2D eigenvalue weighted by molar-refractivity contribution is 7.89. The average Bonchev–Trinajstić information content (AvgIpc) is 2.75. The molecule has 29 heavy (non-hydrogen) atoms. The Balaban J connectivity index is 1.40. The molecule has 1 aromatic carbocycles. The maximum Gasteiger partial charge on any atom is 0.279 e. The minimum absolute atomic E-state index is 0.0151. The molecule has 0 spiro atoms. The van der Waals surface area contributed by atoms with E-state index in [9.17, 15) is 13.2 Å². The smallest absolute Gasteiger partial charge is 0.279 e. The molecule has 6 nitrogen and oxygen atoms in total. The zero-order valence-electron chi connectivity index (χ0n) is 17.2. The van der Waals surface area contributed by atoms with Crippen molar-refractivity contribution in [1.29, 1.82) is 0 Å². The van der Waals surface area contributed by atoms with Crippen LogP contribution in [0.4, 0.5) is 5.69 Å². The first-order chi connectivity index (χ1) is 14.0. The Hall–Kier alpha value is -1.44. The second kappa shape index (κ2) is 9.14. The molecule has 1 aromatic rings. The largest absolute Gasteiger partial charge is 0.324 e. The highest BCUT2D eigenvalue weighted by atomic mass is 32.2. The summed E-state index contributed by atoms with van der Waals surface area (Å²) in [7, 11) is -3.49. The van der Waals surface area contributed by atoms with Gasteiger partial charge in [-0.05, 0) is 63.1 Å². The van der Waals surface area contributed by atoms with Crippen molar-refractivity contribution in [2.24, 2.45) is 5.92 Å². The number of quaternary nitrogens is 1. The topological polar surface area (TPSA) is 70.9 Å². The van der Waals surface area contributed by atoms with Gasteiger partial charge in [0.05, 0.1) is 17.5 Å². The Morgan fingerprint density at radius 2 is 1.79 bits per heavy atom. The van der Waals surface area contributed by atoms with E-state index in [4.69, 9.17) is 0 Å². The molecule has 1 unspecified atom stereocenters. The summed E-state index contributed by atoms with van der Waals surface area (Å²) < 4.78 is 27.4. The minimum atomic E-state index is -3.49. The van der Waals surface area contributed by atoms with Crippen molar-refractivity contribution in [2.75, 3.05) is 31.5 Å². The molecule has 1 amide bonds. The molecule has 3 atom stereocenters. The fourth-order valence-corrected chi connectivity index (χ4v) is 7.05. The van der Waals surface area contributed by atoms with Gasteiger partial charge in [0.15, 0.2) is 6.54 Å². The quantitative estimate of drug-likeness (QED) is 0.766. The first-order valence-electron chi connectivity index (χ1n) is 11.3. The zero-order valence-corrected chi connectivity index (χ0v) is 18.1. The van der Waals surface area contributed by atoms with E-state index < -0.39 is 10.0 Å². The number of hydrogen-bond acceptors (Lipinski definition) is 3. The highest BCUT2D eigenvalue weighted by Gasteiger charge is 2.37. The van der Waals surface area contributed by atoms with Gasteiger partial charge < -0.3 is 10.2 Å². The molecule has 2 saturated heterocycles. The number of anilines is 1. The molecule has 0 bridgehead atoms. The molecule has 4 rings (SSSR count). The Kier molecular flexibility index (Phi) is 6.56. The van der Waals surface area contributed by atoms with Crippen LogP contribution in [0.1, 0.15) is 57.8 Å². The van der Waals surface area contributed by atoms with Gasteiger partial charge in [-0.2, -0.15) is 4.31 Å². The molecule has 2 N–H and O–H groups in total. The van der Waals surface area contributed by atoms with Crippen LogP contribution in [0.25, 0.3) is 0 Å². The summed E-state index contributed by atoms with van der Waals surface area (Å²) in [5, 5.41) is 2.96. The van der Waals surface area contributed by atoms with Crippen LogP contribution in [0.15, 0.2) is 29.2 Å². The van der Waals surface area contributed by atoms with Gasteiger partial charge in [0, 0.05) is 24.7 Å². The van der Waals surface area contributed by atoms with Crippen molar-refractivity contribution in [2.45, 2.75) is 68.7 Å². The van der Waals surface area contributed by atoms with E-state index in [0.717, 1.165) is 31.7 Å². The van der Waals surface area contributed by atoms with Crippen molar-refractivity contribution in [1.82, 2.24) is 4.31 Å². The second-order valence-electron chi connectivity index (χ2n) is 8.92. The molecule has 7 heteroatoms. The van der Waals surface area contributed by atoms with Crippen molar-refractivity contribution in [3.8, 4) is 0 Å². The number of piperidine rings is 2. The van der Waals surface area contributed by atoms with E-state index in [1.807, 2.05) is 0 Å². The van der Waals surface area contributed by atoms with Crippen LogP contribution in [0.2, 0.25) is 0 Å². The van der Waals surface area contributed by atoms with Gasteiger partial charge in [-0.1, -0.05) is 18.9 Å². The Labute approximate surface area is 174 Å². The molecular weight excluding hydrogens is 386 g/mol. The zero-order chi connectivity index (χ0) is 20.3. The lowest BCUT2D eigenvalue weighted by molar-refractivity contribution is -0.928. The molecule has 0 radical (unpaired) electrons. The summed E-state index contributed by atoms with van der Waals surface area (Å²) in [4.78, 5) is 14.4. The summed E-state index contributed by atoms with van der Waals surface area (Å²) in [6.07, 6.45) is 10.6. The third kappa shape index (κ3) is 4.84. The number of sulfonamides is 1. The first kappa shape index (κ1) is 20.8. The van der Waals surface area contributed by atoms with Gasteiger partial charge in [0.2, 0.25) is 10.0 Å². The summed E-state index contributed by atoms with van der Waals surface area (Å²) in [6, 6.07) is 7.35. The number of hydrogen-bond donors (Lipinski definition) is 2. The van der Waals surface area contributed by atoms with Crippen LogP contribution in [-0.2, 0) is 14.8 Å². The predicted molar refractivity (Wildman–Crippen MR) is 113 cm³/mol. The monoisotopic (exact) mass is 420 g/mol. The number of carbonyl (C=O) groups excluding carboxylic acids is 1. The van der Waals surface area contributed by atoms with Gasteiger partial charge in [0.1, 0.15) is 0 Å². The van der Waals surface area contributed by atoms with Crippen LogP contribution >= 0.6 is 0 Å². The maximum atomic E-state index is 12.9. The van der Waals surface area contributed by atoms with Gasteiger partial charge in [-0.25, -0.2) is 8.42 Å². The van der Waals surface area contributed by atoms with Gasteiger partial charge >= 0.3 is 0 Å². The second-order valence-corrected chi connectivity index (χ2v) is 10.9. The molecule has 160 valence electrons. The number of amides is 1. The highest BCUT2D eigenvalue weighted by Crippen LogP contribution is 2.28. The van der Waals surface area contributed by atoms with Gasteiger partial charge in [0.25, 0.3) is 5.91 Å². The molecule has 0 aromatic heterocycles. The van der Waals surface area contributed by atoms with Crippen LogP contribution in [0.5, 0.6) is 0 Å². The van der Waals surface area contributed by atoms with E-state index in [0.29, 0.717) is 31.4 Å². The van der Waals surface area contributed by atoms with Crippen LogP contribution < -0.4 is 10.2 Å². The van der Waals surface area contributed by atoms with E-state index in [-0.39, 0.29) is 10.8 Å². The molecule has 2 aliphatic heterocycles. The summed E-state index contributed by atoms with van der Waals surface area (Å²) in [6.45, 7) is 2.71. The lowest BCUT2D eigenvalue weighted by Crippen LogP contribution is -3.18.